The Balaban J connectivity index is 1.70. The lowest BCUT2D eigenvalue weighted by atomic mass is 10.1. The van der Waals surface area contributed by atoms with Crippen molar-refractivity contribution >= 4 is 45.0 Å². The Morgan fingerprint density at radius 3 is 2.78 bits per heavy atom. The summed E-state index contributed by atoms with van der Waals surface area (Å²) < 4.78 is 0. The molecule has 0 fully saturated rings. The summed E-state index contributed by atoms with van der Waals surface area (Å²) in [4.78, 5) is 16.7. The Bertz CT molecular complexity index is 774. The number of thiophene rings is 1. The highest BCUT2D eigenvalue weighted by Crippen LogP contribution is 2.29. The molecule has 3 rings (SSSR count). The molecule has 3 heterocycles. The van der Waals surface area contributed by atoms with E-state index < -0.39 is 0 Å². The fourth-order valence-corrected chi connectivity index (χ4v) is 4.66. The smallest absolute Gasteiger partial charge is 0.276 e. The maximum atomic E-state index is 12.3. The number of carbonyl (C=O) groups is 1. The number of aromatic nitrogens is 3. The van der Waals surface area contributed by atoms with Gasteiger partial charge in [0.15, 0.2) is 0 Å². The molecule has 1 amide bonds. The molecule has 0 aliphatic rings. The molecule has 0 radical (unpaired) electrons. The Morgan fingerprint density at radius 2 is 2.09 bits per heavy atom. The van der Waals surface area contributed by atoms with Crippen LogP contribution in [0.15, 0.2) is 22.2 Å². The van der Waals surface area contributed by atoms with Crippen LogP contribution in [0, 0.1) is 0 Å². The molecule has 0 aliphatic heterocycles. The van der Waals surface area contributed by atoms with Gasteiger partial charge in [-0.05, 0) is 24.3 Å². The molecule has 0 atom stereocenters. The van der Waals surface area contributed by atoms with Crippen molar-refractivity contribution in [3.05, 3.63) is 32.9 Å². The topological polar surface area (TPSA) is 67.8 Å². The van der Waals surface area contributed by atoms with Crippen molar-refractivity contribution in [1.29, 1.82) is 0 Å². The fraction of sp³-hybridized carbons (Fsp3) is 0.333. The first-order chi connectivity index (χ1) is 11.2. The molecule has 0 bridgehead atoms. The molecule has 1 N–H and O–H groups in total. The van der Waals surface area contributed by atoms with Gasteiger partial charge in [-0.25, -0.2) is 4.98 Å². The molecule has 0 saturated carbocycles. The Labute approximate surface area is 146 Å². The number of nitrogens with one attached hydrogen (secondary N) is 1. The molecular formula is C15H16N4OS3. The number of thiazole rings is 1. The van der Waals surface area contributed by atoms with Gasteiger partial charge in [0.05, 0.1) is 0 Å². The Morgan fingerprint density at radius 1 is 1.26 bits per heavy atom. The first-order valence-corrected chi connectivity index (χ1v) is 9.98. The maximum absolute atomic E-state index is 12.3. The molecule has 120 valence electrons. The van der Waals surface area contributed by atoms with Gasteiger partial charge in [-0.1, -0.05) is 25.2 Å². The van der Waals surface area contributed by atoms with Gasteiger partial charge in [0, 0.05) is 22.2 Å². The molecule has 3 aromatic heterocycles. The molecule has 0 spiro atoms. The summed E-state index contributed by atoms with van der Waals surface area (Å²) in [5, 5.41) is 19.2. The number of hydrogen-bond donors (Lipinski definition) is 1. The summed E-state index contributed by atoms with van der Waals surface area (Å²) in [5.74, 6) is 0.164. The largest absolute Gasteiger partial charge is 0.295 e. The van der Waals surface area contributed by atoms with Crippen molar-refractivity contribution in [3.63, 3.8) is 0 Å². The first-order valence-electron chi connectivity index (χ1n) is 7.34. The minimum Gasteiger partial charge on any atom is -0.295 e. The lowest BCUT2D eigenvalue weighted by Gasteiger charge is -2.05. The van der Waals surface area contributed by atoms with E-state index in [1.807, 2.05) is 16.8 Å². The van der Waals surface area contributed by atoms with E-state index in [2.05, 4.69) is 34.3 Å². The summed E-state index contributed by atoms with van der Waals surface area (Å²) in [6, 6.07) is 2.00. The normalized spacial score (nSPS) is 11.1. The highest BCUT2D eigenvalue weighted by atomic mass is 32.1. The predicted octanol–water partition coefficient (Wildman–Crippen LogP) is 4.88. The minimum atomic E-state index is -0.241. The molecule has 8 heteroatoms. The van der Waals surface area contributed by atoms with E-state index in [0.29, 0.717) is 16.7 Å². The molecule has 0 unspecified atom stereocenters. The number of carbonyl (C=O) groups excluding carboxylic acids is 1. The number of anilines is 1. The predicted molar refractivity (Wildman–Crippen MR) is 96.6 cm³/mol. The van der Waals surface area contributed by atoms with Crippen molar-refractivity contribution < 1.29 is 4.79 Å². The van der Waals surface area contributed by atoms with Crippen LogP contribution < -0.4 is 5.32 Å². The molecule has 0 saturated heterocycles. The van der Waals surface area contributed by atoms with Crippen LogP contribution in [0.25, 0.3) is 10.6 Å². The lowest BCUT2D eigenvalue weighted by Crippen LogP contribution is -2.12. The van der Waals surface area contributed by atoms with E-state index >= 15 is 0 Å². The zero-order valence-corrected chi connectivity index (χ0v) is 15.2. The molecule has 0 aromatic carbocycles. The molecule has 3 aromatic rings. The van der Waals surface area contributed by atoms with E-state index in [0.717, 1.165) is 28.4 Å². The Hall–Kier alpha value is -1.64. The van der Waals surface area contributed by atoms with Crippen LogP contribution in [0.2, 0.25) is 0 Å². The summed E-state index contributed by atoms with van der Waals surface area (Å²) in [6.07, 6.45) is 2.05. The molecule has 5 nitrogen and oxygen atoms in total. The van der Waals surface area contributed by atoms with Crippen LogP contribution >= 0.6 is 34.0 Å². The SMILES string of the molecule is CCC(CC)c1nnc(NC(=O)c2csc(-c3ccsc3)n2)s1. The van der Waals surface area contributed by atoms with E-state index in [1.165, 1.54) is 22.7 Å². The molecule has 23 heavy (non-hydrogen) atoms. The second kappa shape index (κ2) is 7.29. The van der Waals surface area contributed by atoms with Gasteiger partial charge in [0.2, 0.25) is 5.13 Å². The Kier molecular flexibility index (Phi) is 5.14. The van der Waals surface area contributed by atoms with Crippen molar-refractivity contribution in [2.45, 2.75) is 32.6 Å². The van der Waals surface area contributed by atoms with E-state index in [9.17, 15) is 4.79 Å². The van der Waals surface area contributed by atoms with Gasteiger partial charge in [0.25, 0.3) is 5.91 Å². The highest BCUT2D eigenvalue weighted by molar-refractivity contribution is 7.15. The van der Waals surface area contributed by atoms with Gasteiger partial charge in [-0.15, -0.1) is 21.5 Å². The second-order valence-corrected chi connectivity index (χ2v) is 7.61. The third kappa shape index (κ3) is 3.65. The monoisotopic (exact) mass is 364 g/mol. The average molecular weight is 365 g/mol. The van der Waals surface area contributed by atoms with Crippen LogP contribution in [-0.2, 0) is 0 Å². The fourth-order valence-electron chi connectivity index (χ4n) is 2.15. The quantitative estimate of drug-likeness (QED) is 0.677. The van der Waals surface area contributed by atoms with Crippen molar-refractivity contribution in [3.8, 4) is 10.6 Å². The zero-order valence-electron chi connectivity index (χ0n) is 12.8. The average Bonchev–Trinajstić information content (AvgIpc) is 3.29. The van der Waals surface area contributed by atoms with Crippen molar-refractivity contribution in [2.24, 2.45) is 0 Å². The third-order valence-corrected chi connectivity index (χ3v) is 6.08. The van der Waals surface area contributed by atoms with E-state index in [4.69, 9.17) is 0 Å². The summed E-state index contributed by atoms with van der Waals surface area (Å²) >= 11 is 4.52. The standard InChI is InChI=1S/C15H16N4OS3/c1-3-9(4-2)14-18-19-15(23-14)17-12(20)11-8-22-13(16-11)10-5-6-21-7-10/h5-9H,3-4H2,1-2H3,(H,17,19,20). The van der Waals surface area contributed by atoms with Gasteiger partial charge in [0.1, 0.15) is 15.7 Å². The van der Waals surface area contributed by atoms with Gasteiger partial charge in [-0.2, -0.15) is 11.3 Å². The maximum Gasteiger partial charge on any atom is 0.276 e. The second-order valence-electron chi connectivity index (χ2n) is 4.96. The third-order valence-electron chi connectivity index (χ3n) is 3.50. The summed E-state index contributed by atoms with van der Waals surface area (Å²) in [7, 11) is 0. The summed E-state index contributed by atoms with van der Waals surface area (Å²) in [5.41, 5.74) is 1.46. The number of amides is 1. The van der Waals surface area contributed by atoms with Crippen molar-refractivity contribution in [2.75, 3.05) is 5.32 Å². The van der Waals surface area contributed by atoms with Crippen LogP contribution in [-0.4, -0.2) is 21.1 Å². The summed E-state index contributed by atoms with van der Waals surface area (Å²) in [6.45, 7) is 4.27. The molecule has 0 aliphatic carbocycles. The van der Waals surface area contributed by atoms with Gasteiger partial charge in [-0.3, -0.25) is 10.1 Å². The highest BCUT2D eigenvalue weighted by Gasteiger charge is 2.17. The lowest BCUT2D eigenvalue weighted by molar-refractivity contribution is 0.102. The van der Waals surface area contributed by atoms with E-state index in [-0.39, 0.29) is 5.91 Å². The van der Waals surface area contributed by atoms with Crippen LogP contribution in [0.1, 0.15) is 48.1 Å². The number of hydrogen-bond acceptors (Lipinski definition) is 7. The van der Waals surface area contributed by atoms with E-state index in [1.54, 1.807) is 16.7 Å². The molecular weight excluding hydrogens is 348 g/mol. The van der Waals surface area contributed by atoms with Crippen LogP contribution in [0.4, 0.5) is 5.13 Å². The van der Waals surface area contributed by atoms with Crippen LogP contribution in [0.5, 0.6) is 0 Å². The van der Waals surface area contributed by atoms with Crippen molar-refractivity contribution in [1.82, 2.24) is 15.2 Å². The number of rotatable bonds is 6. The minimum absolute atomic E-state index is 0.241. The zero-order chi connectivity index (χ0) is 16.2. The van der Waals surface area contributed by atoms with Crippen LogP contribution in [0.3, 0.4) is 0 Å². The number of nitrogens with zero attached hydrogens (tertiary/aromatic N) is 3. The first kappa shape index (κ1) is 16.2. The van der Waals surface area contributed by atoms with Gasteiger partial charge >= 0.3 is 0 Å². The van der Waals surface area contributed by atoms with Gasteiger partial charge < -0.3 is 0 Å².